The van der Waals surface area contributed by atoms with Gasteiger partial charge in [0.2, 0.25) is 0 Å². The fourth-order valence-electron chi connectivity index (χ4n) is 4.75. The Morgan fingerprint density at radius 3 is 2.32 bits per heavy atom. The molecule has 0 aliphatic carbocycles. The van der Waals surface area contributed by atoms with E-state index in [0.29, 0.717) is 40.6 Å². The summed E-state index contributed by atoms with van der Waals surface area (Å²) in [4.78, 5) is 31.2. The monoisotopic (exact) mass is 454 g/mol. The lowest BCUT2D eigenvalue weighted by Gasteiger charge is -2.32. The average molecular weight is 455 g/mol. The van der Waals surface area contributed by atoms with Crippen molar-refractivity contribution in [2.45, 2.75) is 19.8 Å². The quantitative estimate of drug-likeness (QED) is 0.521. The molecular weight excluding hydrogens is 428 g/mol. The molecule has 172 valence electrons. The molecule has 2 aliphatic rings. The Hall–Kier alpha value is -4.06. The highest BCUT2D eigenvalue weighted by Crippen LogP contribution is 2.42. The van der Waals surface area contributed by atoms with E-state index in [1.165, 1.54) is 10.5 Å². The summed E-state index contributed by atoms with van der Waals surface area (Å²) in [5, 5.41) is 0. The molecule has 2 aliphatic heterocycles. The van der Waals surface area contributed by atoms with Crippen LogP contribution >= 0.6 is 0 Å². The third-order valence-electron chi connectivity index (χ3n) is 6.39. The van der Waals surface area contributed by atoms with Crippen molar-refractivity contribution in [3.63, 3.8) is 0 Å². The molecule has 6 heteroatoms. The number of hydrogen-bond donors (Lipinski definition) is 0. The van der Waals surface area contributed by atoms with Crippen LogP contribution in [0.1, 0.15) is 23.1 Å². The number of carbonyl (C=O) groups is 2. The molecule has 3 aromatic rings. The van der Waals surface area contributed by atoms with E-state index in [1.807, 2.05) is 54.3 Å². The van der Waals surface area contributed by atoms with Gasteiger partial charge in [-0.15, -0.1) is 0 Å². The van der Waals surface area contributed by atoms with Crippen molar-refractivity contribution in [2.75, 3.05) is 30.6 Å². The van der Waals surface area contributed by atoms with Crippen molar-refractivity contribution < 1.29 is 19.1 Å². The van der Waals surface area contributed by atoms with Gasteiger partial charge in [-0.05, 0) is 66.8 Å². The number of methoxy groups -OCH3 is 2. The van der Waals surface area contributed by atoms with Crippen LogP contribution in [0.25, 0.3) is 5.57 Å². The molecule has 0 spiro atoms. The summed E-state index contributed by atoms with van der Waals surface area (Å²) < 4.78 is 10.8. The van der Waals surface area contributed by atoms with Gasteiger partial charge in [0, 0.05) is 12.2 Å². The maximum Gasteiger partial charge on any atom is 0.282 e. The summed E-state index contributed by atoms with van der Waals surface area (Å²) in [6, 6.07) is 20.8. The summed E-state index contributed by atoms with van der Waals surface area (Å²) in [6.07, 6.45) is 1.83. The molecule has 3 aromatic carbocycles. The molecule has 0 bridgehead atoms. The molecule has 0 fully saturated rings. The smallest absolute Gasteiger partial charge is 0.282 e. The first-order chi connectivity index (χ1) is 16.5. The van der Waals surface area contributed by atoms with Crippen LogP contribution in [0.3, 0.4) is 0 Å². The SMILES string of the molecule is COc1ccc(C2=C(N3CCCc4ccccc43)C(=O)N(c3cc(C)ccc3OC)C2=O)cc1. The Balaban J connectivity index is 1.71. The van der Waals surface area contributed by atoms with E-state index in [0.717, 1.165) is 24.1 Å². The second-order valence-electron chi connectivity index (χ2n) is 8.46. The summed E-state index contributed by atoms with van der Waals surface area (Å²) in [5.41, 5.74) is 4.96. The van der Waals surface area contributed by atoms with E-state index >= 15 is 0 Å². The molecule has 0 radical (unpaired) electrons. The number of anilines is 2. The number of benzene rings is 3. The topological polar surface area (TPSA) is 59.1 Å². The van der Waals surface area contributed by atoms with Crippen LogP contribution in [0.4, 0.5) is 11.4 Å². The summed E-state index contributed by atoms with van der Waals surface area (Å²) >= 11 is 0. The van der Waals surface area contributed by atoms with Gasteiger partial charge in [0.15, 0.2) is 0 Å². The number of hydrogen-bond acceptors (Lipinski definition) is 5. The van der Waals surface area contributed by atoms with Gasteiger partial charge in [-0.3, -0.25) is 9.59 Å². The first kappa shape index (κ1) is 21.8. The zero-order valence-electron chi connectivity index (χ0n) is 19.5. The third-order valence-corrected chi connectivity index (χ3v) is 6.39. The number of carbonyl (C=O) groups excluding carboxylic acids is 2. The molecule has 5 rings (SSSR count). The molecule has 0 saturated carbocycles. The van der Waals surface area contributed by atoms with Gasteiger partial charge in [-0.1, -0.05) is 36.4 Å². The van der Waals surface area contributed by atoms with Crippen molar-refractivity contribution in [3.05, 3.63) is 89.1 Å². The first-order valence-electron chi connectivity index (χ1n) is 11.3. The van der Waals surface area contributed by atoms with E-state index in [9.17, 15) is 9.59 Å². The van der Waals surface area contributed by atoms with E-state index in [4.69, 9.17) is 9.47 Å². The highest BCUT2D eigenvalue weighted by Gasteiger charge is 2.44. The van der Waals surface area contributed by atoms with Crippen LogP contribution < -0.4 is 19.3 Å². The molecule has 2 amide bonds. The van der Waals surface area contributed by atoms with Gasteiger partial charge in [0.25, 0.3) is 11.8 Å². The van der Waals surface area contributed by atoms with Crippen molar-refractivity contribution in [1.82, 2.24) is 0 Å². The molecule has 0 aromatic heterocycles. The van der Waals surface area contributed by atoms with Gasteiger partial charge in [-0.25, -0.2) is 4.90 Å². The molecule has 2 heterocycles. The van der Waals surface area contributed by atoms with Gasteiger partial charge < -0.3 is 14.4 Å². The lowest BCUT2D eigenvalue weighted by molar-refractivity contribution is -0.120. The molecular formula is C28H26N2O4. The maximum atomic E-state index is 14.0. The average Bonchev–Trinajstić information content (AvgIpc) is 3.13. The minimum Gasteiger partial charge on any atom is -0.497 e. The number of amides is 2. The van der Waals surface area contributed by atoms with E-state index in [-0.39, 0.29) is 11.8 Å². The Kier molecular flexibility index (Phi) is 5.57. The minimum absolute atomic E-state index is 0.351. The predicted octanol–water partition coefficient (Wildman–Crippen LogP) is 4.75. The van der Waals surface area contributed by atoms with Crippen molar-refractivity contribution in [3.8, 4) is 11.5 Å². The fourth-order valence-corrected chi connectivity index (χ4v) is 4.75. The molecule has 6 nitrogen and oxygen atoms in total. The second kappa shape index (κ2) is 8.71. The highest BCUT2D eigenvalue weighted by molar-refractivity contribution is 6.46. The largest absolute Gasteiger partial charge is 0.497 e. The van der Waals surface area contributed by atoms with Crippen LogP contribution in [-0.4, -0.2) is 32.6 Å². The predicted molar refractivity (Wildman–Crippen MR) is 132 cm³/mol. The molecule has 0 unspecified atom stereocenters. The highest BCUT2D eigenvalue weighted by atomic mass is 16.5. The number of imide groups is 1. The van der Waals surface area contributed by atoms with Gasteiger partial charge in [0.05, 0.1) is 25.5 Å². The lowest BCUT2D eigenvalue weighted by atomic mass is 9.98. The Bertz CT molecular complexity index is 1310. The van der Waals surface area contributed by atoms with Crippen molar-refractivity contribution >= 4 is 28.8 Å². The molecule has 0 atom stereocenters. The molecule has 34 heavy (non-hydrogen) atoms. The van der Waals surface area contributed by atoms with Gasteiger partial charge >= 0.3 is 0 Å². The lowest BCUT2D eigenvalue weighted by Crippen LogP contribution is -2.37. The Morgan fingerprint density at radius 1 is 0.824 bits per heavy atom. The number of rotatable bonds is 5. The Labute approximate surface area is 199 Å². The van der Waals surface area contributed by atoms with Crippen molar-refractivity contribution in [2.24, 2.45) is 0 Å². The zero-order chi connectivity index (χ0) is 23.8. The van der Waals surface area contributed by atoms with Crippen LogP contribution in [0.2, 0.25) is 0 Å². The van der Waals surface area contributed by atoms with Gasteiger partial charge in [-0.2, -0.15) is 0 Å². The van der Waals surface area contributed by atoms with Crippen molar-refractivity contribution in [1.29, 1.82) is 0 Å². The second-order valence-corrected chi connectivity index (χ2v) is 8.46. The van der Waals surface area contributed by atoms with E-state index in [1.54, 1.807) is 32.4 Å². The maximum absolute atomic E-state index is 14.0. The number of nitrogens with zero attached hydrogens (tertiary/aromatic N) is 2. The minimum atomic E-state index is -0.364. The van der Waals surface area contributed by atoms with Gasteiger partial charge in [0.1, 0.15) is 17.2 Å². The van der Waals surface area contributed by atoms with E-state index in [2.05, 4.69) is 6.07 Å². The molecule has 0 N–H and O–H groups in total. The number of fused-ring (bicyclic) bond motifs is 1. The third kappa shape index (κ3) is 3.52. The summed E-state index contributed by atoms with van der Waals surface area (Å²) in [6.45, 7) is 2.58. The normalized spacial score (nSPS) is 15.6. The van der Waals surface area contributed by atoms with Crippen LogP contribution in [0, 0.1) is 6.92 Å². The van der Waals surface area contributed by atoms with Crippen LogP contribution in [0.15, 0.2) is 72.4 Å². The summed E-state index contributed by atoms with van der Waals surface area (Å²) in [7, 11) is 3.14. The van der Waals surface area contributed by atoms with Crippen LogP contribution in [-0.2, 0) is 16.0 Å². The van der Waals surface area contributed by atoms with E-state index < -0.39 is 0 Å². The standard InChI is InChI=1S/C28H26N2O4/c1-18-10-15-24(34-3)23(17-18)30-27(31)25(20-11-13-21(33-2)14-12-20)26(28(30)32)29-16-6-8-19-7-4-5-9-22(19)29/h4-5,7,9-15,17H,6,8,16H2,1-3H3. The van der Waals surface area contributed by atoms with Crippen LogP contribution in [0.5, 0.6) is 11.5 Å². The fraction of sp³-hybridized carbons (Fsp3) is 0.214. The Morgan fingerprint density at radius 2 is 1.59 bits per heavy atom. The number of aryl methyl sites for hydroxylation is 2. The first-order valence-corrected chi connectivity index (χ1v) is 11.3. The molecule has 0 saturated heterocycles. The number of ether oxygens (including phenoxy) is 2. The zero-order valence-corrected chi connectivity index (χ0v) is 19.5. The summed E-state index contributed by atoms with van der Waals surface area (Å²) in [5.74, 6) is 0.443. The number of para-hydroxylation sites is 1.